The maximum atomic E-state index is 12.1. The molecule has 0 bridgehead atoms. The van der Waals surface area contributed by atoms with Crippen LogP contribution >= 0.6 is 0 Å². The third-order valence-electron chi connectivity index (χ3n) is 7.16. The zero-order valence-corrected chi connectivity index (χ0v) is 18.0. The molecule has 4 heteroatoms. The molecule has 0 saturated heterocycles. The summed E-state index contributed by atoms with van der Waals surface area (Å²) in [6, 6.07) is 10.9. The van der Waals surface area contributed by atoms with Crippen molar-refractivity contribution in [3.63, 3.8) is 0 Å². The van der Waals surface area contributed by atoms with E-state index in [-0.39, 0.29) is 6.04 Å². The molecule has 1 aromatic carbocycles. The summed E-state index contributed by atoms with van der Waals surface area (Å²) < 4.78 is 2.45. The van der Waals surface area contributed by atoms with Gasteiger partial charge in [-0.1, -0.05) is 17.7 Å². The number of aliphatic hydroxyl groups is 1. The summed E-state index contributed by atoms with van der Waals surface area (Å²) >= 11 is 0. The fraction of sp³-hybridized carbons (Fsp3) is 0.480. The van der Waals surface area contributed by atoms with E-state index in [0.29, 0.717) is 0 Å². The highest BCUT2D eigenvalue weighted by atomic mass is 16.3. The summed E-state index contributed by atoms with van der Waals surface area (Å²) in [4.78, 5) is 7.17. The predicted octanol–water partition coefficient (Wildman–Crippen LogP) is 4.43. The second-order valence-corrected chi connectivity index (χ2v) is 9.20. The number of likely N-dealkylation sites (N-methyl/N-ethyl adjacent to an activating group) is 1. The van der Waals surface area contributed by atoms with Crippen molar-refractivity contribution in [1.82, 2.24) is 14.5 Å². The van der Waals surface area contributed by atoms with E-state index in [1.54, 1.807) is 0 Å². The van der Waals surface area contributed by atoms with Gasteiger partial charge < -0.3 is 14.6 Å². The molecule has 1 N–H and O–H groups in total. The average Bonchev–Trinajstić information content (AvgIpc) is 3.00. The van der Waals surface area contributed by atoms with Crippen LogP contribution in [0.1, 0.15) is 59.6 Å². The second-order valence-electron chi connectivity index (χ2n) is 9.20. The lowest BCUT2D eigenvalue weighted by Gasteiger charge is -2.41. The second kappa shape index (κ2) is 6.68. The van der Waals surface area contributed by atoms with Crippen molar-refractivity contribution in [2.75, 3.05) is 13.6 Å². The van der Waals surface area contributed by atoms with Crippen molar-refractivity contribution in [3.8, 4) is 0 Å². The van der Waals surface area contributed by atoms with Gasteiger partial charge in [-0.05, 0) is 70.8 Å². The molecule has 4 nitrogen and oxygen atoms in total. The molecule has 0 amide bonds. The molecular weight excluding hydrogens is 358 g/mol. The number of hydrogen-bond acceptors (Lipinski definition) is 3. The van der Waals surface area contributed by atoms with Gasteiger partial charge in [0.1, 0.15) is 5.60 Å². The lowest BCUT2D eigenvalue weighted by molar-refractivity contribution is -0.0270. The van der Waals surface area contributed by atoms with Gasteiger partial charge in [0.2, 0.25) is 0 Å². The van der Waals surface area contributed by atoms with E-state index in [4.69, 9.17) is 4.98 Å². The van der Waals surface area contributed by atoms with E-state index in [2.05, 4.69) is 54.6 Å². The van der Waals surface area contributed by atoms with Crippen LogP contribution in [0, 0.1) is 13.8 Å². The summed E-state index contributed by atoms with van der Waals surface area (Å²) in [6.07, 6.45) is 3.75. The molecule has 3 aromatic rings. The van der Waals surface area contributed by atoms with Crippen LogP contribution in [0.4, 0.5) is 0 Å². The molecule has 1 aliphatic carbocycles. The highest BCUT2D eigenvalue weighted by Crippen LogP contribution is 2.45. The van der Waals surface area contributed by atoms with Crippen LogP contribution in [-0.4, -0.2) is 33.1 Å². The Bertz CT molecular complexity index is 1100. The fourth-order valence-corrected chi connectivity index (χ4v) is 5.59. The van der Waals surface area contributed by atoms with Gasteiger partial charge in [-0.2, -0.15) is 0 Å². The van der Waals surface area contributed by atoms with Gasteiger partial charge in [-0.15, -0.1) is 0 Å². The van der Waals surface area contributed by atoms with Gasteiger partial charge in [-0.3, -0.25) is 4.98 Å². The smallest absolute Gasteiger partial charge is 0.112 e. The predicted molar refractivity (Wildman–Crippen MR) is 117 cm³/mol. The molecule has 0 radical (unpaired) electrons. The number of aromatic nitrogens is 2. The summed E-state index contributed by atoms with van der Waals surface area (Å²) in [5.74, 6) is 0. The standard InChI is InChI=1S/C25H31N3O/c1-16-7-10-23-19(14-16)20-15-27(4)13-11-24(20)28(23)18(3)25(29)12-5-6-22-21(25)9-8-17(2)26-22/h7-10,14,18,29H,5-6,11-13,15H2,1-4H3. The van der Waals surface area contributed by atoms with Crippen molar-refractivity contribution in [3.05, 3.63) is 64.1 Å². The van der Waals surface area contributed by atoms with Gasteiger partial charge in [0.25, 0.3) is 0 Å². The summed E-state index contributed by atoms with van der Waals surface area (Å²) in [7, 11) is 2.20. The quantitative estimate of drug-likeness (QED) is 0.705. The molecule has 152 valence electrons. The van der Waals surface area contributed by atoms with E-state index in [9.17, 15) is 5.11 Å². The van der Waals surface area contributed by atoms with E-state index in [1.165, 1.54) is 27.7 Å². The molecule has 1 aliphatic heterocycles. The van der Waals surface area contributed by atoms with Crippen LogP contribution < -0.4 is 0 Å². The third kappa shape index (κ3) is 2.84. The van der Waals surface area contributed by atoms with Gasteiger partial charge in [-0.25, -0.2) is 0 Å². The molecular formula is C25H31N3O. The molecule has 5 rings (SSSR count). The number of hydrogen-bond donors (Lipinski definition) is 1. The summed E-state index contributed by atoms with van der Waals surface area (Å²) in [5.41, 5.74) is 7.63. The van der Waals surface area contributed by atoms with E-state index >= 15 is 0 Å². The van der Waals surface area contributed by atoms with Crippen LogP contribution in [0.3, 0.4) is 0 Å². The molecule has 0 saturated carbocycles. The first-order chi connectivity index (χ1) is 13.9. The van der Waals surface area contributed by atoms with E-state index in [0.717, 1.165) is 55.7 Å². The molecule has 0 fully saturated rings. The number of nitrogens with zero attached hydrogens (tertiary/aromatic N) is 3. The van der Waals surface area contributed by atoms with Gasteiger partial charge >= 0.3 is 0 Å². The molecule has 3 heterocycles. The van der Waals surface area contributed by atoms with Crippen LogP contribution in [0.25, 0.3) is 10.9 Å². The molecule has 2 aliphatic rings. The van der Waals surface area contributed by atoms with Crippen molar-refractivity contribution in [2.45, 2.75) is 64.6 Å². The minimum Gasteiger partial charge on any atom is -0.383 e. The Morgan fingerprint density at radius 1 is 1.14 bits per heavy atom. The van der Waals surface area contributed by atoms with Crippen molar-refractivity contribution < 1.29 is 5.11 Å². The van der Waals surface area contributed by atoms with Gasteiger partial charge in [0, 0.05) is 53.1 Å². The Morgan fingerprint density at radius 2 is 1.97 bits per heavy atom. The van der Waals surface area contributed by atoms with E-state index in [1.807, 2.05) is 13.0 Å². The number of aryl methyl sites for hydroxylation is 3. The normalized spacial score (nSPS) is 23.1. The molecule has 2 aromatic heterocycles. The number of fused-ring (bicyclic) bond motifs is 4. The SMILES string of the molecule is Cc1ccc2c(c1)c1c(n2C(C)C2(O)CCCc3nc(C)ccc32)CCN(C)C1. The van der Waals surface area contributed by atoms with Gasteiger partial charge in [0.05, 0.1) is 6.04 Å². The zero-order valence-electron chi connectivity index (χ0n) is 18.0. The maximum absolute atomic E-state index is 12.1. The van der Waals surface area contributed by atoms with Crippen molar-refractivity contribution in [2.24, 2.45) is 0 Å². The monoisotopic (exact) mass is 389 g/mol. The molecule has 2 unspecified atom stereocenters. The Labute approximate surface area is 173 Å². The Hall–Kier alpha value is -2.17. The summed E-state index contributed by atoms with van der Waals surface area (Å²) in [6.45, 7) is 8.44. The third-order valence-corrected chi connectivity index (χ3v) is 7.16. The average molecular weight is 390 g/mol. The molecule has 2 atom stereocenters. The maximum Gasteiger partial charge on any atom is 0.112 e. The highest BCUT2D eigenvalue weighted by Gasteiger charge is 2.42. The van der Waals surface area contributed by atoms with Crippen LogP contribution in [0.5, 0.6) is 0 Å². The number of pyridine rings is 1. The van der Waals surface area contributed by atoms with Crippen LogP contribution in [0.2, 0.25) is 0 Å². The first-order valence-corrected chi connectivity index (χ1v) is 10.9. The molecule has 0 spiro atoms. The van der Waals surface area contributed by atoms with Crippen molar-refractivity contribution in [1.29, 1.82) is 0 Å². The number of benzene rings is 1. The Kier molecular flexibility index (Phi) is 4.34. The van der Waals surface area contributed by atoms with Crippen molar-refractivity contribution >= 4 is 10.9 Å². The minimum atomic E-state index is -0.887. The van der Waals surface area contributed by atoms with E-state index < -0.39 is 5.60 Å². The first kappa shape index (κ1) is 18.8. The fourth-order valence-electron chi connectivity index (χ4n) is 5.59. The lowest BCUT2D eigenvalue weighted by Crippen LogP contribution is -2.40. The number of rotatable bonds is 2. The first-order valence-electron chi connectivity index (χ1n) is 10.9. The van der Waals surface area contributed by atoms with Gasteiger partial charge in [0.15, 0.2) is 0 Å². The highest BCUT2D eigenvalue weighted by molar-refractivity contribution is 5.86. The zero-order chi connectivity index (χ0) is 20.3. The minimum absolute atomic E-state index is 0.0385. The lowest BCUT2D eigenvalue weighted by atomic mass is 9.76. The Balaban J connectivity index is 1.71. The topological polar surface area (TPSA) is 41.3 Å². The van der Waals surface area contributed by atoms with Crippen LogP contribution in [-0.2, 0) is 25.0 Å². The Morgan fingerprint density at radius 3 is 2.79 bits per heavy atom. The van der Waals surface area contributed by atoms with Crippen LogP contribution in [0.15, 0.2) is 30.3 Å². The molecule has 29 heavy (non-hydrogen) atoms. The summed E-state index contributed by atoms with van der Waals surface area (Å²) in [5, 5.41) is 13.4. The largest absolute Gasteiger partial charge is 0.383 e.